The lowest BCUT2D eigenvalue weighted by molar-refractivity contribution is 0.0938. The van der Waals surface area contributed by atoms with Crippen LogP contribution in [-0.4, -0.2) is 43.6 Å². The minimum atomic E-state index is -0.276. The summed E-state index contributed by atoms with van der Waals surface area (Å²) in [4.78, 5) is 25.7. The van der Waals surface area contributed by atoms with Gasteiger partial charge in [-0.3, -0.25) is 9.20 Å². The topological polar surface area (TPSA) is 91.2 Å². The van der Waals surface area contributed by atoms with Crippen molar-refractivity contribution in [3.63, 3.8) is 0 Å². The van der Waals surface area contributed by atoms with Gasteiger partial charge in [-0.05, 0) is 50.8 Å². The second kappa shape index (κ2) is 8.38. The van der Waals surface area contributed by atoms with Crippen LogP contribution < -0.4 is 10.2 Å². The quantitative estimate of drug-likeness (QED) is 0.476. The monoisotopic (exact) mass is 449 g/mol. The molecule has 1 atom stereocenters. The van der Waals surface area contributed by atoms with Gasteiger partial charge in [0.05, 0.1) is 34.1 Å². The highest BCUT2D eigenvalue weighted by Crippen LogP contribution is 2.33. The van der Waals surface area contributed by atoms with Crippen LogP contribution in [-0.2, 0) is 0 Å². The van der Waals surface area contributed by atoms with E-state index < -0.39 is 0 Å². The Morgan fingerprint density at radius 1 is 1.31 bits per heavy atom. The van der Waals surface area contributed by atoms with Gasteiger partial charge in [0, 0.05) is 24.2 Å². The number of hydrogen-bond acceptors (Lipinski definition) is 6. The number of nitrogens with one attached hydrogen (secondary N) is 2. The van der Waals surface area contributed by atoms with E-state index in [1.165, 1.54) is 11.2 Å². The molecule has 1 aliphatic heterocycles. The van der Waals surface area contributed by atoms with E-state index in [4.69, 9.17) is 4.98 Å². The molecule has 1 amide bonds. The van der Waals surface area contributed by atoms with Crippen LogP contribution in [0.15, 0.2) is 36.9 Å². The van der Waals surface area contributed by atoms with Crippen LogP contribution in [0, 0.1) is 12.8 Å². The van der Waals surface area contributed by atoms with E-state index in [0.717, 1.165) is 53.8 Å². The zero-order chi connectivity index (χ0) is 22.2. The third-order valence-electron chi connectivity index (χ3n) is 6.16. The Hall–Kier alpha value is -3.20. The second-order valence-corrected chi connectivity index (χ2v) is 9.89. The molecule has 1 saturated heterocycles. The number of piperidine rings is 1. The number of carbonyl (C=O) groups is 1. The first-order valence-corrected chi connectivity index (χ1v) is 11.8. The number of hydrogen-bond donors (Lipinski definition) is 2. The number of aromatic amines is 1. The molecule has 32 heavy (non-hydrogen) atoms. The molecular weight excluding hydrogens is 422 g/mol. The molecule has 4 aromatic heterocycles. The number of aryl methyl sites for hydroxylation is 1. The molecule has 0 aromatic carbocycles. The van der Waals surface area contributed by atoms with Crippen molar-refractivity contribution in [3.8, 4) is 10.6 Å². The van der Waals surface area contributed by atoms with E-state index >= 15 is 0 Å². The largest absolute Gasteiger partial charge is 0.368 e. The van der Waals surface area contributed by atoms with E-state index in [-0.39, 0.29) is 11.9 Å². The fourth-order valence-corrected chi connectivity index (χ4v) is 5.08. The molecule has 0 saturated carbocycles. The Balaban J connectivity index is 1.56. The Morgan fingerprint density at radius 3 is 2.81 bits per heavy atom. The maximum atomic E-state index is 13.2. The van der Waals surface area contributed by atoms with Gasteiger partial charge in [-0.25, -0.2) is 4.98 Å². The third-order valence-corrected chi connectivity index (χ3v) is 7.18. The van der Waals surface area contributed by atoms with Gasteiger partial charge < -0.3 is 15.2 Å². The van der Waals surface area contributed by atoms with Crippen LogP contribution in [0.4, 0.5) is 5.69 Å². The molecule has 9 heteroatoms. The maximum Gasteiger partial charge on any atom is 0.253 e. The van der Waals surface area contributed by atoms with Crippen LogP contribution in [0.3, 0.4) is 0 Å². The smallest absolute Gasteiger partial charge is 0.253 e. The number of amides is 1. The van der Waals surface area contributed by atoms with Gasteiger partial charge in [-0.2, -0.15) is 0 Å². The molecule has 0 bridgehead atoms. The first kappa shape index (κ1) is 20.7. The summed E-state index contributed by atoms with van der Waals surface area (Å²) in [6, 6.07) is 5.93. The predicted octanol–water partition coefficient (Wildman–Crippen LogP) is 4.22. The fourth-order valence-electron chi connectivity index (χ4n) is 4.20. The Labute approximate surface area is 190 Å². The summed E-state index contributed by atoms with van der Waals surface area (Å²) in [5.41, 5.74) is 3.50. The SMILES string of the molecule is Cc1ccc(-c2cnc3c(N4CCC(C)CC4)cc(C(=O)NC(C)c4nnc[nH]4)cn23)s1. The van der Waals surface area contributed by atoms with Gasteiger partial charge in [0.1, 0.15) is 6.33 Å². The van der Waals surface area contributed by atoms with Crippen molar-refractivity contribution in [2.75, 3.05) is 18.0 Å². The normalized spacial score (nSPS) is 15.9. The van der Waals surface area contributed by atoms with Crippen molar-refractivity contribution in [2.24, 2.45) is 5.92 Å². The number of rotatable bonds is 5. The van der Waals surface area contributed by atoms with Crippen LogP contribution in [0.25, 0.3) is 16.2 Å². The highest BCUT2D eigenvalue weighted by atomic mass is 32.1. The summed E-state index contributed by atoms with van der Waals surface area (Å²) in [5, 5.41) is 10.9. The minimum absolute atomic E-state index is 0.149. The Kier molecular flexibility index (Phi) is 5.42. The van der Waals surface area contributed by atoms with Crippen LogP contribution in [0.5, 0.6) is 0 Å². The van der Waals surface area contributed by atoms with E-state index in [0.29, 0.717) is 11.4 Å². The summed E-state index contributed by atoms with van der Waals surface area (Å²) in [6.07, 6.45) is 7.60. The molecule has 1 fully saturated rings. The van der Waals surface area contributed by atoms with E-state index in [1.54, 1.807) is 11.3 Å². The van der Waals surface area contributed by atoms with Crippen LogP contribution >= 0.6 is 11.3 Å². The first-order chi connectivity index (χ1) is 15.5. The lowest BCUT2D eigenvalue weighted by Gasteiger charge is -2.32. The van der Waals surface area contributed by atoms with Crippen molar-refractivity contribution >= 4 is 28.6 Å². The van der Waals surface area contributed by atoms with E-state index in [9.17, 15) is 4.79 Å². The lowest BCUT2D eigenvalue weighted by Crippen LogP contribution is -2.34. The summed E-state index contributed by atoms with van der Waals surface area (Å²) >= 11 is 1.73. The Bertz CT molecular complexity index is 1230. The molecule has 1 aliphatic rings. The molecule has 2 N–H and O–H groups in total. The molecule has 1 unspecified atom stereocenters. The number of H-pyrrole nitrogens is 1. The summed E-state index contributed by atoms with van der Waals surface area (Å²) in [7, 11) is 0. The number of carbonyl (C=O) groups excluding carboxylic acids is 1. The average molecular weight is 450 g/mol. The minimum Gasteiger partial charge on any atom is -0.368 e. The molecule has 5 rings (SSSR count). The van der Waals surface area contributed by atoms with Crippen molar-refractivity contribution in [1.29, 1.82) is 0 Å². The number of aromatic nitrogens is 5. The highest BCUT2D eigenvalue weighted by molar-refractivity contribution is 7.15. The summed E-state index contributed by atoms with van der Waals surface area (Å²) in [5.74, 6) is 1.20. The molecule has 0 spiro atoms. The molecular formula is C23H27N7OS. The van der Waals surface area contributed by atoms with E-state index in [1.807, 2.05) is 25.4 Å². The molecule has 8 nitrogen and oxygen atoms in total. The van der Waals surface area contributed by atoms with Gasteiger partial charge in [0.15, 0.2) is 11.5 Å². The molecule has 0 radical (unpaired) electrons. The fraction of sp³-hybridized carbons (Fsp3) is 0.391. The van der Waals surface area contributed by atoms with Crippen molar-refractivity contribution in [2.45, 2.75) is 39.7 Å². The van der Waals surface area contributed by atoms with Gasteiger partial charge in [0.2, 0.25) is 0 Å². The van der Waals surface area contributed by atoms with E-state index in [2.05, 4.69) is 55.8 Å². The number of imidazole rings is 1. The number of nitrogens with zero attached hydrogens (tertiary/aromatic N) is 5. The molecule has 166 valence electrons. The Morgan fingerprint density at radius 2 is 2.12 bits per heavy atom. The number of pyridine rings is 1. The van der Waals surface area contributed by atoms with Crippen LogP contribution in [0.2, 0.25) is 0 Å². The molecule has 5 heterocycles. The van der Waals surface area contributed by atoms with Crippen molar-refractivity contribution < 1.29 is 4.79 Å². The van der Waals surface area contributed by atoms with Crippen LogP contribution in [0.1, 0.15) is 53.8 Å². The molecule has 4 aromatic rings. The number of thiophene rings is 1. The highest BCUT2D eigenvalue weighted by Gasteiger charge is 2.23. The molecule has 0 aliphatic carbocycles. The van der Waals surface area contributed by atoms with Gasteiger partial charge >= 0.3 is 0 Å². The van der Waals surface area contributed by atoms with Gasteiger partial charge in [-0.1, -0.05) is 6.92 Å². The maximum absolute atomic E-state index is 13.2. The third kappa shape index (κ3) is 3.88. The van der Waals surface area contributed by atoms with Gasteiger partial charge in [-0.15, -0.1) is 21.5 Å². The summed E-state index contributed by atoms with van der Waals surface area (Å²) in [6.45, 7) is 8.23. The standard InChI is InChI=1S/C23H27N7OS/c1-14-6-8-29(9-7-14)18-10-17(23(31)27-16(3)21-25-13-26-28-21)12-30-19(11-24-22(18)30)20-5-4-15(2)32-20/h4-5,10-14,16H,6-9H2,1-3H3,(H,27,31)(H,25,26,28). The lowest BCUT2D eigenvalue weighted by atomic mass is 9.99. The summed E-state index contributed by atoms with van der Waals surface area (Å²) < 4.78 is 2.06. The zero-order valence-electron chi connectivity index (χ0n) is 18.5. The predicted molar refractivity (Wildman–Crippen MR) is 126 cm³/mol. The number of anilines is 1. The van der Waals surface area contributed by atoms with Crippen molar-refractivity contribution in [3.05, 3.63) is 53.2 Å². The average Bonchev–Trinajstić information content (AvgIpc) is 3.54. The first-order valence-electron chi connectivity index (χ1n) is 11.0. The van der Waals surface area contributed by atoms with Crippen molar-refractivity contribution in [1.82, 2.24) is 29.9 Å². The zero-order valence-corrected chi connectivity index (χ0v) is 19.3. The number of fused-ring (bicyclic) bond motifs is 1. The second-order valence-electron chi connectivity index (χ2n) is 8.60. The van der Waals surface area contributed by atoms with Gasteiger partial charge in [0.25, 0.3) is 5.91 Å².